The normalized spacial score (nSPS) is 43.5. The zero-order valence-electron chi connectivity index (χ0n) is 21.5. The molecule has 5 N–H and O–H groups in total. The Morgan fingerprint density at radius 2 is 1.84 bits per heavy atom. The number of rotatable bonds is 6. The van der Waals surface area contributed by atoms with Crippen LogP contribution in [-0.2, 0) is 15.0 Å². The Morgan fingerprint density at radius 1 is 1.16 bits per heavy atom. The van der Waals surface area contributed by atoms with Crippen molar-refractivity contribution in [3.63, 3.8) is 0 Å². The van der Waals surface area contributed by atoms with E-state index in [-0.39, 0.29) is 17.7 Å². The lowest BCUT2D eigenvalue weighted by molar-refractivity contribution is -1.04. The van der Waals surface area contributed by atoms with Gasteiger partial charge in [0.1, 0.15) is 12.1 Å². The molecule has 6 aliphatic rings. The van der Waals surface area contributed by atoms with E-state index < -0.39 is 24.1 Å². The average Bonchev–Trinajstić information content (AvgIpc) is 3.26. The van der Waals surface area contributed by atoms with Gasteiger partial charge in [0.2, 0.25) is 0 Å². The van der Waals surface area contributed by atoms with Gasteiger partial charge >= 0.3 is 5.97 Å². The molecule has 5 bridgehead atoms. The summed E-state index contributed by atoms with van der Waals surface area (Å²) in [4.78, 5) is 21.9. The first-order valence-electron chi connectivity index (χ1n) is 13.4. The number of carbonyl (C=O) groups is 2. The molecule has 1 aromatic rings. The Morgan fingerprint density at radius 3 is 2.41 bits per heavy atom. The molecule has 1 unspecified atom stereocenters. The Bertz CT molecular complexity index is 1070. The van der Waals surface area contributed by atoms with Gasteiger partial charge in [-0.25, -0.2) is 4.79 Å². The maximum absolute atomic E-state index is 11.9. The second-order valence-electron chi connectivity index (χ2n) is 11.6. The number of hydrogen-bond acceptors (Lipinski definition) is 8. The highest BCUT2D eigenvalue weighted by atomic mass is 16.4. The molecule has 204 valence electrons. The third kappa shape index (κ3) is 3.16. The molecule has 10 heteroatoms. The standard InChI is InChI=1S/C23H33N2O2.C4H6O6/c1-4-10-25-17-11-14(13(5-2)22(25)27)19-18(25)12-23(21(19)26)15-8-6-7-9-16(15)24(3)20(17)23;5-1(3(7)8)2(6)4(9)10/h6-9,13-14,17-22,26-27H,4-5,10-12H2,1-3H3;1-2,5-6H,(H,7,8)(H,9,10)/q+1;/p-1/t13-,14-,17-,18-,19-,20-,21?,22+,23+,25-;1-,2-/m01/s1. The number of benzene rings is 1. The van der Waals surface area contributed by atoms with Crippen LogP contribution in [-0.4, -0.2) is 98.2 Å². The summed E-state index contributed by atoms with van der Waals surface area (Å²) in [6.07, 6.45) is -0.869. The number of nitrogens with zero attached hydrogens (tertiary/aromatic N) is 2. The van der Waals surface area contributed by atoms with Gasteiger partial charge in [-0.1, -0.05) is 32.0 Å². The lowest BCUT2D eigenvalue weighted by Crippen LogP contribution is -2.83. The van der Waals surface area contributed by atoms with E-state index in [1.54, 1.807) is 0 Å². The van der Waals surface area contributed by atoms with Crippen LogP contribution in [0, 0.1) is 17.8 Å². The number of hydrogen-bond donors (Lipinski definition) is 5. The van der Waals surface area contributed by atoms with Gasteiger partial charge in [-0.3, -0.25) is 4.48 Å². The SMILES string of the molecule is CCC[N@+]12[C@H](O)[C@@H](CC)[C@@H]3C[C@H]1[C@@H]1N(C)c4ccccc4[C@]14C[C@H]2[C@H]3C4O.O=C([O-])[C@H](O)[C@@H](O)C(=O)O. The first kappa shape index (κ1) is 26.4. The highest BCUT2D eigenvalue weighted by Gasteiger charge is 2.82. The van der Waals surface area contributed by atoms with E-state index in [9.17, 15) is 24.9 Å². The van der Waals surface area contributed by atoms with Crippen LogP contribution in [0.1, 0.15) is 45.1 Å². The van der Waals surface area contributed by atoms with Crippen LogP contribution in [0.2, 0.25) is 0 Å². The van der Waals surface area contributed by atoms with Crippen molar-refractivity contribution in [3.8, 4) is 0 Å². The van der Waals surface area contributed by atoms with Gasteiger partial charge in [0.15, 0.2) is 12.3 Å². The van der Waals surface area contributed by atoms with Crippen molar-refractivity contribution >= 4 is 17.6 Å². The van der Waals surface area contributed by atoms with Gasteiger partial charge in [-0.15, -0.1) is 0 Å². The molecule has 1 spiro atoms. The summed E-state index contributed by atoms with van der Waals surface area (Å²) in [6.45, 7) is 5.56. The number of aliphatic hydroxyl groups excluding tert-OH is 4. The van der Waals surface area contributed by atoms with Crippen LogP contribution in [0.25, 0.3) is 0 Å². The number of aliphatic hydroxyl groups is 4. The molecular formula is C27H38N2O8. The van der Waals surface area contributed by atoms with Gasteiger partial charge in [-0.05, 0) is 30.4 Å². The molecular weight excluding hydrogens is 480 g/mol. The average molecular weight is 519 g/mol. The second-order valence-corrected chi connectivity index (χ2v) is 11.6. The smallest absolute Gasteiger partial charge is 0.335 e. The van der Waals surface area contributed by atoms with E-state index in [1.807, 2.05) is 0 Å². The summed E-state index contributed by atoms with van der Waals surface area (Å²) >= 11 is 0. The fourth-order valence-electron chi connectivity index (χ4n) is 9.49. The van der Waals surface area contributed by atoms with Crippen molar-refractivity contribution in [1.82, 2.24) is 0 Å². The molecule has 5 fully saturated rings. The van der Waals surface area contributed by atoms with Gasteiger partial charge < -0.3 is 40.3 Å². The van der Waals surface area contributed by atoms with Crippen molar-refractivity contribution in [2.45, 2.75) is 87.6 Å². The molecule has 7 rings (SSSR count). The van der Waals surface area contributed by atoms with Crippen LogP contribution in [0.4, 0.5) is 5.69 Å². The van der Waals surface area contributed by atoms with Gasteiger partial charge in [0.05, 0.1) is 36.1 Å². The summed E-state index contributed by atoms with van der Waals surface area (Å²) in [7, 11) is 2.23. The monoisotopic (exact) mass is 518 g/mol. The fourth-order valence-corrected chi connectivity index (χ4v) is 9.49. The number of carbonyl (C=O) groups excluding carboxylic acids is 1. The van der Waals surface area contributed by atoms with Crippen LogP contribution in [0.3, 0.4) is 0 Å². The molecule has 0 amide bonds. The third-order valence-electron chi connectivity index (χ3n) is 10.5. The summed E-state index contributed by atoms with van der Waals surface area (Å²) in [6, 6.07) is 9.97. The number of likely N-dealkylation sites (N-methyl/N-ethyl adjacent to an activating group) is 1. The Labute approximate surface area is 216 Å². The van der Waals surface area contributed by atoms with Crippen molar-refractivity contribution in [2.75, 3.05) is 18.5 Å². The van der Waals surface area contributed by atoms with Crippen LogP contribution < -0.4 is 10.0 Å². The third-order valence-corrected chi connectivity index (χ3v) is 10.5. The molecule has 37 heavy (non-hydrogen) atoms. The summed E-state index contributed by atoms with van der Waals surface area (Å²) in [5.74, 6) is -2.65. The van der Waals surface area contributed by atoms with Crippen LogP contribution in [0.15, 0.2) is 24.3 Å². The van der Waals surface area contributed by atoms with E-state index >= 15 is 0 Å². The van der Waals surface area contributed by atoms with Gasteiger partial charge in [0, 0.05) is 37.4 Å². The second kappa shape index (κ2) is 8.91. The lowest BCUT2D eigenvalue weighted by Gasteiger charge is -2.68. The minimum Gasteiger partial charge on any atom is -0.547 e. The maximum Gasteiger partial charge on any atom is 0.335 e. The Balaban J connectivity index is 0.000000241. The van der Waals surface area contributed by atoms with E-state index in [4.69, 9.17) is 15.3 Å². The number of anilines is 1. The van der Waals surface area contributed by atoms with E-state index in [1.165, 1.54) is 17.7 Å². The Hall–Kier alpha value is -2.24. The van der Waals surface area contributed by atoms with Crippen LogP contribution >= 0.6 is 0 Å². The number of fused-ring (bicyclic) bond motifs is 2. The van der Waals surface area contributed by atoms with Crippen molar-refractivity contribution in [3.05, 3.63) is 29.8 Å². The highest BCUT2D eigenvalue weighted by molar-refractivity contribution is 5.82. The summed E-state index contributed by atoms with van der Waals surface area (Å²) in [5, 5.41) is 57.7. The van der Waals surface area contributed by atoms with E-state index in [2.05, 4.69) is 50.1 Å². The van der Waals surface area contributed by atoms with Crippen molar-refractivity contribution in [2.24, 2.45) is 17.8 Å². The van der Waals surface area contributed by atoms with Crippen LogP contribution in [0.5, 0.6) is 0 Å². The number of aliphatic carboxylic acids is 2. The number of carboxylic acids is 2. The quantitative estimate of drug-likeness (QED) is 0.298. The molecule has 1 aliphatic carbocycles. The molecule has 5 heterocycles. The molecule has 0 aromatic heterocycles. The zero-order valence-corrected chi connectivity index (χ0v) is 21.5. The molecule has 1 aromatic carbocycles. The molecule has 10 nitrogen and oxygen atoms in total. The van der Waals surface area contributed by atoms with Gasteiger partial charge in [0.25, 0.3) is 0 Å². The number of carboxylic acid groups (broad SMARTS) is 2. The Kier molecular flexibility index (Phi) is 6.35. The molecule has 12 atom stereocenters. The predicted molar refractivity (Wildman–Crippen MR) is 130 cm³/mol. The highest BCUT2D eigenvalue weighted by Crippen LogP contribution is 2.71. The topological polar surface area (TPSA) is 162 Å². The molecule has 5 aliphatic heterocycles. The van der Waals surface area contributed by atoms with Crippen molar-refractivity contribution < 1.29 is 44.7 Å². The zero-order chi connectivity index (χ0) is 27.0. The van der Waals surface area contributed by atoms with E-state index in [0.29, 0.717) is 35.9 Å². The van der Waals surface area contributed by atoms with Crippen molar-refractivity contribution in [1.29, 1.82) is 0 Å². The lowest BCUT2D eigenvalue weighted by atomic mass is 9.60. The first-order valence-corrected chi connectivity index (χ1v) is 13.4. The fraction of sp³-hybridized carbons (Fsp3) is 0.704. The number of quaternary nitrogens is 1. The largest absolute Gasteiger partial charge is 0.547 e. The summed E-state index contributed by atoms with van der Waals surface area (Å²) < 4.78 is 0.873. The van der Waals surface area contributed by atoms with Gasteiger partial charge in [-0.2, -0.15) is 0 Å². The maximum atomic E-state index is 11.9. The number of para-hydroxylation sites is 1. The molecule has 4 saturated heterocycles. The first-order chi connectivity index (χ1) is 17.5. The minimum absolute atomic E-state index is 0.127. The number of piperidine rings is 4. The summed E-state index contributed by atoms with van der Waals surface area (Å²) in [5.41, 5.74) is 2.56. The molecule has 1 saturated carbocycles. The molecule has 0 radical (unpaired) electrons. The minimum atomic E-state index is -2.38. The predicted octanol–water partition coefficient (Wildman–Crippen LogP) is -0.978. The van der Waals surface area contributed by atoms with E-state index in [0.717, 1.165) is 30.3 Å².